The molecule has 21 heavy (non-hydrogen) atoms. The van der Waals surface area contributed by atoms with Gasteiger partial charge in [-0.3, -0.25) is 4.79 Å². The van der Waals surface area contributed by atoms with Gasteiger partial charge in [0.25, 0.3) is 5.91 Å². The van der Waals surface area contributed by atoms with Gasteiger partial charge in [-0.05, 0) is 29.8 Å². The largest absolute Gasteiger partial charge is 0.495 e. The van der Waals surface area contributed by atoms with Crippen molar-refractivity contribution in [2.24, 2.45) is 5.73 Å². The Morgan fingerprint density at radius 3 is 2.62 bits per heavy atom. The SMILES string of the molecule is COc1cc(CN)ccc1NC(=O)COc1ccccc1. The van der Waals surface area contributed by atoms with Crippen LogP contribution in [0.1, 0.15) is 5.56 Å². The molecule has 0 aliphatic heterocycles. The molecule has 0 unspecified atom stereocenters. The fourth-order valence-corrected chi connectivity index (χ4v) is 1.82. The van der Waals surface area contributed by atoms with E-state index in [1.807, 2.05) is 24.3 Å². The van der Waals surface area contributed by atoms with E-state index in [0.717, 1.165) is 5.56 Å². The number of hydrogen-bond donors (Lipinski definition) is 2. The fraction of sp³-hybridized carbons (Fsp3) is 0.188. The summed E-state index contributed by atoms with van der Waals surface area (Å²) < 4.78 is 10.6. The van der Waals surface area contributed by atoms with E-state index in [-0.39, 0.29) is 12.5 Å². The van der Waals surface area contributed by atoms with Crippen LogP contribution in [0.3, 0.4) is 0 Å². The first-order chi connectivity index (χ1) is 10.2. The summed E-state index contributed by atoms with van der Waals surface area (Å²) in [6.45, 7) is 0.355. The first kappa shape index (κ1) is 14.9. The summed E-state index contributed by atoms with van der Waals surface area (Å²) in [6.07, 6.45) is 0. The van der Waals surface area contributed by atoms with Gasteiger partial charge in [-0.2, -0.15) is 0 Å². The highest BCUT2D eigenvalue weighted by Crippen LogP contribution is 2.25. The smallest absolute Gasteiger partial charge is 0.262 e. The van der Waals surface area contributed by atoms with E-state index in [1.54, 1.807) is 31.4 Å². The third kappa shape index (κ3) is 4.22. The average Bonchev–Trinajstić information content (AvgIpc) is 2.54. The number of anilines is 1. The molecule has 0 aliphatic rings. The third-order valence-corrected chi connectivity index (χ3v) is 2.89. The molecule has 0 bridgehead atoms. The maximum absolute atomic E-state index is 11.9. The zero-order valence-electron chi connectivity index (χ0n) is 11.8. The molecule has 3 N–H and O–H groups in total. The van der Waals surface area contributed by atoms with Gasteiger partial charge >= 0.3 is 0 Å². The highest BCUT2D eigenvalue weighted by Gasteiger charge is 2.09. The zero-order chi connectivity index (χ0) is 15.1. The summed E-state index contributed by atoms with van der Waals surface area (Å²) in [6, 6.07) is 14.6. The number of amides is 1. The number of benzene rings is 2. The Hall–Kier alpha value is -2.53. The lowest BCUT2D eigenvalue weighted by molar-refractivity contribution is -0.118. The maximum atomic E-state index is 11.9. The maximum Gasteiger partial charge on any atom is 0.262 e. The van der Waals surface area contributed by atoms with Crippen LogP contribution in [0.5, 0.6) is 11.5 Å². The Morgan fingerprint density at radius 1 is 1.19 bits per heavy atom. The predicted octanol–water partition coefficient (Wildman–Crippen LogP) is 2.17. The topological polar surface area (TPSA) is 73.6 Å². The number of ether oxygens (including phenoxy) is 2. The highest BCUT2D eigenvalue weighted by atomic mass is 16.5. The molecule has 0 fully saturated rings. The van der Waals surface area contributed by atoms with Crippen LogP contribution in [0, 0.1) is 0 Å². The van der Waals surface area contributed by atoms with Gasteiger partial charge in [0.2, 0.25) is 0 Å². The Labute approximate surface area is 123 Å². The minimum absolute atomic E-state index is 0.0637. The number of methoxy groups -OCH3 is 1. The molecule has 0 heterocycles. The average molecular weight is 286 g/mol. The van der Waals surface area contributed by atoms with Crippen molar-refractivity contribution in [3.8, 4) is 11.5 Å². The molecule has 0 saturated carbocycles. The zero-order valence-corrected chi connectivity index (χ0v) is 11.8. The van der Waals surface area contributed by atoms with Gasteiger partial charge in [-0.15, -0.1) is 0 Å². The summed E-state index contributed by atoms with van der Waals surface area (Å²) in [5, 5.41) is 2.75. The summed E-state index contributed by atoms with van der Waals surface area (Å²) in [7, 11) is 1.55. The van der Waals surface area contributed by atoms with Crippen LogP contribution in [-0.4, -0.2) is 19.6 Å². The van der Waals surface area contributed by atoms with Gasteiger partial charge in [0, 0.05) is 6.54 Å². The van der Waals surface area contributed by atoms with Crippen molar-refractivity contribution >= 4 is 11.6 Å². The van der Waals surface area contributed by atoms with Gasteiger partial charge in [0.1, 0.15) is 11.5 Å². The number of nitrogens with two attached hydrogens (primary N) is 1. The third-order valence-electron chi connectivity index (χ3n) is 2.89. The number of rotatable bonds is 6. The van der Waals surface area contributed by atoms with Crippen molar-refractivity contribution in [3.63, 3.8) is 0 Å². The lowest BCUT2D eigenvalue weighted by Gasteiger charge is -2.12. The second kappa shape index (κ2) is 7.31. The number of para-hydroxylation sites is 1. The van der Waals surface area contributed by atoms with Crippen LogP contribution < -0.4 is 20.5 Å². The van der Waals surface area contributed by atoms with Gasteiger partial charge < -0.3 is 20.5 Å². The van der Waals surface area contributed by atoms with Crippen LogP contribution in [0.15, 0.2) is 48.5 Å². The fourth-order valence-electron chi connectivity index (χ4n) is 1.82. The Bertz CT molecular complexity index is 600. The second-order valence-electron chi connectivity index (χ2n) is 4.39. The van der Waals surface area contributed by atoms with Crippen molar-refractivity contribution in [2.75, 3.05) is 19.0 Å². The second-order valence-corrected chi connectivity index (χ2v) is 4.39. The van der Waals surface area contributed by atoms with Crippen LogP contribution in [0.25, 0.3) is 0 Å². The molecular weight excluding hydrogens is 268 g/mol. The Kier molecular flexibility index (Phi) is 5.17. The quantitative estimate of drug-likeness (QED) is 0.853. The van der Waals surface area contributed by atoms with Crippen molar-refractivity contribution in [3.05, 3.63) is 54.1 Å². The van der Waals surface area contributed by atoms with E-state index in [9.17, 15) is 4.79 Å². The number of hydrogen-bond acceptors (Lipinski definition) is 4. The Balaban J connectivity index is 1.96. The molecule has 0 spiro atoms. The van der Waals surface area contributed by atoms with E-state index in [1.165, 1.54) is 0 Å². The molecule has 0 radical (unpaired) electrons. The molecule has 0 atom stereocenters. The van der Waals surface area contributed by atoms with Crippen LogP contribution in [-0.2, 0) is 11.3 Å². The predicted molar refractivity (Wildman–Crippen MR) is 81.5 cm³/mol. The minimum Gasteiger partial charge on any atom is -0.495 e. The molecule has 2 aromatic carbocycles. The minimum atomic E-state index is -0.252. The highest BCUT2D eigenvalue weighted by molar-refractivity contribution is 5.93. The van der Waals surface area contributed by atoms with Crippen LogP contribution >= 0.6 is 0 Å². The number of carbonyl (C=O) groups excluding carboxylic acids is 1. The monoisotopic (exact) mass is 286 g/mol. The van der Waals surface area contributed by atoms with E-state index in [4.69, 9.17) is 15.2 Å². The Morgan fingerprint density at radius 2 is 1.95 bits per heavy atom. The molecule has 2 rings (SSSR count). The van der Waals surface area contributed by atoms with Gasteiger partial charge in [-0.1, -0.05) is 24.3 Å². The lowest BCUT2D eigenvalue weighted by atomic mass is 10.2. The normalized spacial score (nSPS) is 10.0. The molecule has 0 aliphatic carbocycles. The lowest BCUT2D eigenvalue weighted by Crippen LogP contribution is -2.20. The summed E-state index contributed by atoms with van der Waals surface area (Å²) in [4.78, 5) is 11.9. The van der Waals surface area contributed by atoms with E-state index in [2.05, 4.69) is 5.32 Å². The first-order valence-electron chi connectivity index (χ1n) is 6.57. The molecule has 0 aromatic heterocycles. The van der Waals surface area contributed by atoms with E-state index in [0.29, 0.717) is 23.7 Å². The number of carbonyl (C=O) groups is 1. The molecule has 5 heteroatoms. The van der Waals surface area contributed by atoms with Gasteiger partial charge in [0.15, 0.2) is 6.61 Å². The molecule has 2 aromatic rings. The summed E-state index contributed by atoms with van der Waals surface area (Å²) in [5.41, 5.74) is 7.10. The standard InChI is InChI=1S/C16H18N2O3/c1-20-15-9-12(10-17)7-8-14(15)18-16(19)11-21-13-5-3-2-4-6-13/h2-9H,10-11,17H2,1H3,(H,18,19). The van der Waals surface area contributed by atoms with Crippen molar-refractivity contribution in [2.45, 2.75) is 6.54 Å². The molecular formula is C16H18N2O3. The summed E-state index contributed by atoms with van der Waals surface area (Å²) >= 11 is 0. The molecule has 5 nitrogen and oxygen atoms in total. The molecule has 110 valence electrons. The van der Waals surface area contributed by atoms with Crippen molar-refractivity contribution in [1.29, 1.82) is 0 Å². The first-order valence-corrected chi connectivity index (χ1v) is 6.57. The van der Waals surface area contributed by atoms with E-state index >= 15 is 0 Å². The van der Waals surface area contributed by atoms with Crippen LogP contribution in [0.2, 0.25) is 0 Å². The van der Waals surface area contributed by atoms with Crippen molar-refractivity contribution in [1.82, 2.24) is 0 Å². The van der Waals surface area contributed by atoms with E-state index < -0.39 is 0 Å². The van der Waals surface area contributed by atoms with Gasteiger partial charge in [0.05, 0.1) is 12.8 Å². The van der Waals surface area contributed by atoms with Crippen LogP contribution in [0.4, 0.5) is 5.69 Å². The summed E-state index contributed by atoms with van der Waals surface area (Å²) in [5.74, 6) is 0.974. The van der Waals surface area contributed by atoms with Crippen molar-refractivity contribution < 1.29 is 14.3 Å². The van der Waals surface area contributed by atoms with Gasteiger partial charge in [-0.25, -0.2) is 0 Å². The molecule has 1 amide bonds. The number of nitrogens with one attached hydrogen (secondary N) is 1. The molecule has 0 saturated heterocycles.